The van der Waals surface area contributed by atoms with Gasteiger partial charge in [0.05, 0.1) is 5.56 Å². The summed E-state index contributed by atoms with van der Waals surface area (Å²) in [5.41, 5.74) is 6.66. The zero-order valence-electron chi connectivity index (χ0n) is 17.8. The minimum atomic E-state index is -0.567. The molecule has 0 aliphatic carbocycles. The molecular weight excluding hydrogens is 442 g/mol. The molecule has 1 amide bonds. The van der Waals surface area contributed by atoms with Gasteiger partial charge >= 0.3 is 0 Å². The third kappa shape index (κ3) is 7.63. The first-order valence-electron chi connectivity index (χ1n) is 9.89. The lowest BCUT2D eigenvalue weighted by Gasteiger charge is -2.37. The van der Waals surface area contributed by atoms with E-state index in [4.69, 9.17) is 10.5 Å². The van der Waals surface area contributed by atoms with E-state index < -0.39 is 11.7 Å². The van der Waals surface area contributed by atoms with Crippen molar-refractivity contribution < 1.29 is 13.9 Å². The Bertz CT molecular complexity index is 839. The van der Waals surface area contributed by atoms with Gasteiger partial charge in [-0.3, -0.25) is 9.69 Å². The van der Waals surface area contributed by atoms with Gasteiger partial charge in [-0.15, -0.1) is 24.8 Å². The maximum atomic E-state index is 14.3. The van der Waals surface area contributed by atoms with E-state index in [1.165, 1.54) is 18.2 Å². The fourth-order valence-corrected chi connectivity index (χ4v) is 3.40. The van der Waals surface area contributed by atoms with Gasteiger partial charge in [0.2, 0.25) is 0 Å². The second-order valence-electron chi connectivity index (χ2n) is 7.53. The normalized spacial score (nSPS) is 16.7. The summed E-state index contributed by atoms with van der Waals surface area (Å²) in [4.78, 5) is 17.0. The van der Waals surface area contributed by atoms with Gasteiger partial charge in [0.25, 0.3) is 5.91 Å². The van der Waals surface area contributed by atoms with Crippen LogP contribution in [0, 0.1) is 5.82 Å². The minimum Gasteiger partial charge on any atom is -0.457 e. The SMILES string of the molecule is CN1CCN(C)C(CNC(=O)c2cc(Oc3ccc(CCN)cc3)ccc2F)C1.Cl.Cl. The molecule has 6 nitrogen and oxygen atoms in total. The quantitative estimate of drug-likeness (QED) is 0.647. The number of nitrogens with zero attached hydrogens (tertiary/aromatic N) is 2. The van der Waals surface area contributed by atoms with Gasteiger partial charge in [-0.25, -0.2) is 4.39 Å². The van der Waals surface area contributed by atoms with E-state index in [9.17, 15) is 9.18 Å². The highest BCUT2D eigenvalue weighted by molar-refractivity contribution is 5.94. The highest BCUT2D eigenvalue weighted by Crippen LogP contribution is 2.24. The molecule has 1 aliphatic rings. The predicted octanol–water partition coefficient (Wildman–Crippen LogP) is 2.94. The Morgan fingerprint density at radius 3 is 2.48 bits per heavy atom. The van der Waals surface area contributed by atoms with Crippen LogP contribution in [0.15, 0.2) is 42.5 Å². The highest BCUT2D eigenvalue weighted by atomic mass is 35.5. The molecule has 0 aromatic heterocycles. The zero-order valence-corrected chi connectivity index (χ0v) is 19.5. The number of nitrogens with two attached hydrogens (primary N) is 1. The Morgan fingerprint density at radius 1 is 1.13 bits per heavy atom. The number of carbonyl (C=O) groups excluding carboxylic acids is 1. The number of likely N-dealkylation sites (N-methyl/N-ethyl adjacent to an activating group) is 2. The number of hydrogen-bond donors (Lipinski definition) is 2. The minimum absolute atomic E-state index is 0. The average molecular weight is 473 g/mol. The predicted molar refractivity (Wildman–Crippen MR) is 126 cm³/mol. The van der Waals surface area contributed by atoms with E-state index in [1.807, 2.05) is 31.3 Å². The van der Waals surface area contributed by atoms with Crippen LogP contribution in [-0.4, -0.2) is 68.6 Å². The first kappa shape index (κ1) is 27.1. The molecule has 2 aromatic rings. The van der Waals surface area contributed by atoms with E-state index in [1.54, 1.807) is 0 Å². The lowest BCUT2D eigenvalue weighted by Crippen LogP contribution is -2.54. The van der Waals surface area contributed by atoms with Crippen LogP contribution in [0.5, 0.6) is 11.5 Å². The molecule has 9 heteroatoms. The number of halogens is 3. The van der Waals surface area contributed by atoms with E-state index in [0.717, 1.165) is 31.6 Å². The summed E-state index contributed by atoms with van der Waals surface area (Å²) in [5.74, 6) is 0.0309. The maximum absolute atomic E-state index is 14.3. The van der Waals surface area contributed by atoms with Crippen molar-refractivity contribution in [3.8, 4) is 11.5 Å². The first-order chi connectivity index (χ1) is 14.0. The highest BCUT2D eigenvalue weighted by Gasteiger charge is 2.23. The van der Waals surface area contributed by atoms with Crippen LogP contribution in [0.3, 0.4) is 0 Å². The molecule has 1 unspecified atom stereocenters. The van der Waals surface area contributed by atoms with Crippen molar-refractivity contribution in [2.24, 2.45) is 5.73 Å². The smallest absolute Gasteiger partial charge is 0.254 e. The molecule has 172 valence electrons. The number of rotatable bonds is 7. The van der Waals surface area contributed by atoms with Crippen LogP contribution >= 0.6 is 24.8 Å². The Labute approximate surface area is 195 Å². The lowest BCUT2D eigenvalue weighted by atomic mass is 10.1. The van der Waals surface area contributed by atoms with Gasteiger partial charge < -0.3 is 20.7 Å². The van der Waals surface area contributed by atoms with Crippen molar-refractivity contribution in [2.45, 2.75) is 12.5 Å². The molecule has 1 atom stereocenters. The number of carbonyl (C=O) groups is 1. The summed E-state index contributed by atoms with van der Waals surface area (Å²) in [6.07, 6.45) is 0.799. The van der Waals surface area contributed by atoms with Crippen LogP contribution in [0.25, 0.3) is 0 Å². The van der Waals surface area contributed by atoms with E-state index in [2.05, 4.69) is 22.2 Å². The largest absolute Gasteiger partial charge is 0.457 e. The third-order valence-electron chi connectivity index (χ3n) is 5.25. The second-order valence-corrected chi connectivity index (χ2v) is 7.53. The van der Waals surface area contributed by atoms with Crippen LogP contribution in [0.2, 0.25) is 0 Å². The second kappa shape index (κ2) is 12.8. The summed E-state index contributed by atoms with van der Waals surface area (Å²) >= 11 is 0. The van der Waals surface area contributed by atoms with Crippen molar-refractivity contribution in [2.75, 3.05) is 46.8 Å². The van der Waals surface area contributed by atoms with E-state index in [-0.39, 0.29) is 36.4 Å². The molecule has 31 heavy (non-hydrogen) atoms. The van der Waals surface area contributed by atoms with E-state index in [0.29, 0.717) is 24.6 Å². The van der Waals surface area contributed by atoms with Gasteiger partial charge in [-0.1, -0.05) is 12.1 Å². The molecule has 3 rings (SSSR count). The Hall–Kier alpha value is -1.90. The topological polar surface area (TPSA) is 70.8 Å². The summed E-state index contributed by atoms with van der Waals surface area (Å²) in [6.45, 7) is 3.86. The summed E-state index contributed by atoms with van der Waals surface area (Å²) in [6, 6.07) is 12.0. The standard InChI is InChI=1S/C22H29FN4O2.2ClH/c1-26-11-12-27(2)17(15-26)14-25-22(28)20-13-19(7-8-21(20)23)29-18-5-3-16(4-6-18)9-10-24;;/h3-8,13,17H,9-12,14-15,24H2,1-2H3,(H,25,28);2*1H. The molecule has 0 bridgehead atoms. The average Bonchev–Trinajstić information content (AvgIpc) is 2.71. The fourth-order valence-electron chi connectivity index (χ4n) is 3.40. The van der Waals surface area contributed by atoms with Gasteiger partial charge in [-0.05, 0) is 63.0 Å². The molecule has 1 aliphatic heterocycles. The molecule has 0 spiro atoms. The molecule has 3 N–H and O–H groups in total. The third-order valence-corrected chi connectivity index (χ3v) is 5.25. The summed E-state index contributed by atoms with van der Waals surface area (Å²) in [7, 11) is 4.10. The number of hydrogen-bond acceptors (Lipinski definition) is 5. The van der Waals surface area contributed by atoms with Gasteiger partial charge in [0.1, 0.15) is 17.3 Å². The van der Waals surface area contributed by atoms with Crippen LogP contribution in [-0.2, 0) is 6.42 Å². The molecular formula is C22H31Cl2FN4O2. The number of piperazine rings is 1. The van der Waals surface area contributed by atoms with Crippen LogP contribution in [0.1, 0.15) is 15.9 Å². The zero-order chi connectivity index (χ0) is 20.8. The van der Waals surface area contributed by atoms with Crippen molar-refractivity contribution in [1.82, 2.24) is 15.1 Å². The van der Waals surface area contributed by atoms with Crippen molar-refractivity contribution >= 4 is 30.7 Å². The van der Waals surface area contributed by atoms with Crippen molar-refractivity contribution in [1.29, 1.82) is 0 Å². The Morgan fingerprint density at radius 2 is 1.81 bits per heavy atom. The molecule has 2 aromatic carbocycles. The first-order valence-corrected chi connectivity index (χ1v) is 9.89. The van der Waals surface area contributed by atoms with Gasteiger partial charge in [-0.2, -0.15) is 0 Å². The number of nitrogens with one attached hydrogen (secondary N) is 1. The van der Waals surface area contributed by atoms with Crippen molar-refractivity contribution in [3.05, 3.63) is 59.4 Å². The maximum Gasteiger partial charge on any atom is 0.254 e. The molecule has 1 fully saturated rings. The molecule has 1 heterocycles. The number of benzene rings is 2. The molecule has 0 saturated carbocycles. The fraction of sp³-hybridized carbons (Fsp3) is 0.409. The number of ether oxygens (including phenoxy) is 1. The van der Waals surface area contributed by atoms with Crippen LogP contribution in [0.4, 0.5) is 4.39 Å². The monoisotopic (exact) mass is 472 g/mol. The molecule has 0 radical (unpaired) electrons. The van der Waals surface area contributed by atoms with E-state index >= 15 is 0 Å². The lowest BCUT2D eigenvalue weighted by molar-refractivity contribution is 0.0877. The van der Waals surface area contributed by atoms with Crippen molar-refractivity contribution in [3.63, 3.8) is 0 Å². The van der Waals surface area contributed by atoms with Gasteiger partial charge in [0.15, 0.2) is 0 Å². The Balaban J connectivity index is 0.00000240. The molecule has 1 saturated heterocycles. The van der Waals surface area contributed by atoms with Crippen LogP contribution < -0.4 is 15.8 Å². The summed E-state index contributed by atoms with van der Waals surface area (Å²) < 4.78 is 20.0. The number of amides is 1. The summed E-state index contributed by atoms with van der Waals surface area (Å²) in [5, 5.41) is 2.86. The van der Waals surface area contributed by atoms with Gasteiger partial charge in [0, 0.05) is 32.2 Å². The Kier molecular flexibility index (Phi) is 11.2.